The lowest BCUT2D eigenvalue weighted by Crippen LogP contribution is -3.06. The van der Waals surface area contributed by atoms with Crippen molar-refractivity contribution in [3.05, 3.63) is 24.3 Å². The van der Waals surface area contributed by atoms with Crippen LogP contribution in [0.3, 0.4) is 0 Å². The second-order valence-electron chi connectivity index (χ2n) is 5.49. The maximum Gasteiger partial charge on any atom is 0.279 e. The topological polar surface area (TPSA) is 76.1 Å². The standard InChI is InChI=1S/C16H26N4O3S/c1-5-22-13-6-8-14(9-7-13)23-12(2)15(21)18-19-16(24)17-10-11-20(3)4/h6-9,12H,5,10-11H2,1-4H3,(H,18,21)(H2,17,19,24)/p+1/t12-/m1/s1. The fraction of sp³-hybridized carbons (Fsp3) is 0.500. The van der Waals surface area contributed by atoms with Gasteiger partial charge in [0.25, 0.3) is 5.91 Å². The molecule has 1 rings (SSSR count). The van der Waals surface area contributed by atoms with E-state index in [1.165, 1.54) is 4.90 Å². The molecular formula is C16H27N4O3S+. The number of carbonyl (C=O) groups excluding carboxylic acids is 1. The maximum atomic E-state index is 12.0. The van der Waals surface area contributed by atoms with E-state index in [0.29, 0.717) is 17.5 Å². The summed E-state index contributed by atoms with van der Waals surface area (Å²) < 4.78 is 10.9. The molecule has 0 fully saturated rings. The van der Waals surface area contributed by atoms with Crippen LogP contribution in [0.1, 0.15) is 13.8 Å². The molecule has 0 heterocycles. The van der Waals surface area contributed by atoms with Crippen LogP contribution in [-0.2, 0) is 4.79 Å². The molecule has 7 nitrogen and oxygen atoms in total. The van der Waals surface area contributed by atoms with Crippen LogP contribution in [0, 0.1) is 0 Å². The second kappa shape index (κ2) is 10.7. The van der Waals surface area contributed by atoms with Crippen molar-refractivity contribution in [2.75, 3.05) is 33.8 Å². The lowest BCUT2D eigenvalue weighted by atomic mass is 10.3. The third-order valence-corrected chi connectivity index (χ3v) is 3.27. The number of benzene rings is 1. The molecule has 134 valence electrons. The average Bonchev–Trinajstić information content (AvgIpc) is 2.54. The quantitative estimate of drug-likeness (QED) is 0.372. The molecule has 0 aromatic heterocycles. The molecule has 24 heavy (non-hydrogen) atoms. The number of nitrogens with one attached hydrogen (secondary N) is 4. The first kappa shape index (κ1) is 20.0. The Bertz CT molecular complexity index is 523. The van der Waals surface area contributed by atoms with Crippen LogP contribution in [0.2, 0.25) is 0 Å². The summed E-state index contributed by atoms with van der Waals surface area (Å²) in [5, 5.41) is 3.38. The van der Waals surface area contributed by atoms with Crippen molar-refractivity contribution < 1.29 is 19.2 Å². The summed E-state index contributed by atoms with van der Waals surface area (Å²) in [7, 11) is 4.11. The van der Waals surface area contributed by atoms with Gasteiger partial charge < -0.3 is 19.7 Å². The van der Waals surface area contributed by atoms with Crippen LogP contribution in [0.4, 0.5) is 0 Å². The van der Waals surface area contributed by atoms with E-state index in [2.05, 4.69) is 30.3 Å². The molecule has 0 aliphatic carbocycles. The van der Waals surface area contributed by atoms with Crippen molar-refractivity contribution >= 4 is 23.2 Å². The van der Waals surface area contributed by atoms with E-state index < -0.39 is 6.10 Å². The lowest BCUT2D eigenvalue weighted by Gasteiger charge is -2.17. The Morgan fingerprint density at radius 1 is 1.21 bits per heavy atom. The van der Waals surface area contributed by atoms with E-state index in [-0.39, 0.29) is 5.91 Å². The van der Waals surface area contributed by atoms with Gasteiger partial charge in [-0.05, 0) is 50.3 Å². The number of hydrogen-bond donors (Lipinski definition) is 4. The van der Waals surface area contributed by atoms with E-state index in [4.69, 9.17) is 21.7 Å². The highest BCUT2D eigenvalue weighted by molar-refractivity contribution is 7.80. The molecule has 0 aliphatic heterocycles. The number of likely N-dealkylation sites (N-methyl/N-ethyl adjacent to an activating group) is 1. The zero-order chi connectivity index (χ0) is 17.9. The predicted molar refractivity (Wildman–Crippen MR) is 97.3 cm³/mol. The number of hydrogen-bond acceptors (Lipinski definition) is 4. The van der Waals surface area contributed by atoms with Crippen LogP contribution < -0.4 is 30.5 Å². The third-order valence-electron chi connectivity index (χ3n) is 3.03. The van der Waals surface area contributed by atoms with Crippen molar-refractivity contribution in [3.63, 3.8) is 0 Å². The van der Waals surface area contributed by atoms with Gasteiger partial charge in [0.05, 0.1) is 33.8 Å². The molecule has 0 spiro atoms. The van der Waals surface area contributed by atoms with Crippen molar-refractivity contribution in [3.8, 4) is 11.5 Å². The fourth-order valence-electron chi connectivity index (χ4n) is 1.73. The SMILES string of the molecule is CCOc1ccc(O[C@H](C)C(=O)NNC(=S)NCC[NH+](C)C)cc1. The van der Waals surface area contributed by atoms with Crippen LogP contribution in [0.25, 0.3) is 0 Å². The molecule has 4 N–H and O–H groups in total. The third kappa shape index (κ3) is 7.98. The molecular weight excluding hydrogens is 328 g/mol. The number of quaternary nitrogens is 1. The van der Waals surface area contributed by atoms with E-state index in [1.807, 2.05) is 6.92 Å². The largest absolute Gasteiger partial charge is 0.494 e. The van der Waals surface area contributed by atoms with Crippen LogP contribution in [0.5, 0.6) is 11.5 Å². The number of hydrazine groups is 1. The Balaban J connectivity index is 2.32. The minimum absolute atomic E-state index is 0.314. The summed E-state index contributed by atoms with van der Waals surface area (Å²) in [6.45, 7) is 5.84. The van der Waals surface area contributed by atoms with Gasteiger partial charge in [0.2, 0.25) is 0 Å². The van der Waals surface area contributed by atoms with Gasteiger partial charge in [-0.25, -0.2) is 0 Å². The summed E-state index contributed by atoms with van der Waals surface area (Å²) in [6.07, 6.45) is -0.663. The van der Waals surface area contributed by atoms with Crippen molar-refractivity contribution in [2.45, 2.75) is 20.0 Å². The summed E-state index contributed by atoms with van der Waals surface area (Å²) in [4.78, 5) is 13.3. The minimum atomic E-state index is -0.663. The first-order valence-electron chi connectivity index (χ1n) is 7.94. The maximum absolute atomic E-state index is 12.0. The van der Waals surface area contributed by atoms with E-state index >= 15 is 0 Å². The van der Waals surface area contributed by atoms with Crippen molar-refractivity contribution in [1.29, 1.82) is 0 Å². The second-order valence-corrected chi connectivity index (χ2v) is 5.90. The van der Waals surface area contributed by atoms with E-state index in [1.54, 1.807) is 31.2 Å². The highest BCUT2D eigenvalue weighted by Gasteiger charge is 2.14. The Kier molecular flexibility index (Phi) is 8.88. The number of ether oxygens (including phenoxy) is 2. The highest BCUT2D eigenvalue weighted by Crippen LogP contribution is 2.18. The van der Waals surface area contributed by atoms with Gasteiger partial charge in [-0.2, -0.15) is 0 Å². The van der Waals surface area contributed by atoms with E-state index in [0.717, 1.165) is 18.8 Å². The van der Waals surface area contributed by atoms with Gasteiger partial charge in [0.1, 0.15) is 11.5 Å². The fourth-order valence-corrected chi connectivity index (χ4v) is 1.88. The molecule has 0 radical (unpaired) electrons. The Labute approximate surface area is 148 Å². The number of amides is 1. The molecule has 0 saturated heterocycles. The summed E-state index contributed by atoms with van der Waals surface area (Å²) in [5.41, 5.74) is 5.18. The van der Waals surface area contributed by atoms with Gasteiger partial charge in [-0.1, -0.05) is 0 Å². The summed E-state index contributed by atoms with van der Waals surface area (Å²) in [6, 6.07) is 7.12. The number of rotatable bonds is 8. The van der Waals surface area contributed by atoms with Crippen LogP contribution in [-0.4, -0.2) is 50.9 Å². The molecule has 0 bridgehead atoms. The normalized spacial score (nSPS) is 11.5. The van der Waals surface area contributed by atoms with Gasteiger partial charge in [-0.15, -0.1) is 0 Å². The van der Waals surface area contributed by atoms with Gasteiger partial charge in [0, 0.05) is 0 Å². The molecule has 0 aliphatic rings. The summed E-state index contributed by atoms with van der Waals surface area (Å²) in [5.74, 6) is 1.04. The highest BCUT2D eigenvalue weighted by atomic mass is 32.1. The Morgan fingerprint density at radius 3 is 2.42 bits per heavy atom. The van der Waals surface area contributed by atoms with Crippen LogP contribution >= 0.6 is 12.2 Å². The Hall–Kier alpha value is -2.06. The Morgan fingerprint density at radius 2 is 1.83 bits per heavy atom. The smallest absolute Gasteiger partial charge is 0.279 e. The van der Waals surface area contributed by atoms with E-state index in [9.17, 15) is 4.79 Å². The number of carbonyl (C=O) groups is 1. The molecule has 1 amide bonds. The number of thiocarbonyl (C=S) groups is 1. The zero-order valence-electron chi connectivity index (χ0n) is 14.6. The van der Waals surface area contributed by atoms with Gasteiger partial charge in [0.15, 0.2) is 11.2 Å². The molecule has 0 unspecified atom stereocenters. The average molecular weight is 355 g/mol. The molecule has 1 atom stereocenters. The minimum Gasteiger partial charge on any atom is -0.494 e. The zero-order valence-corrected chi connectivity index (χ0v) is 15.5. The molecule has 1 aromatic carbocycles. The summed E-state index contributed by atoms with van der Waals surface area (Å²) >= 11 is 5.08. The molecule has 8 heteroatoms. The van der Waals surface area contributed by atoms with Crippen molar-refractivity contribution in [2.24, 2.45) is 0 Å². The molecule has 0 saturated carbocycles. The van der Waals surface area contributed by atoms with Crippen molar-refractivity contribution in [1.82, 2.24) is 16.2 Å². The first-order valence-corrected chi connectivity index (χ1v) is 8.35. The van der Waals surface area contributed by atoms with Crippen LogP contribution in [0.15, 0.2) is 24.3 Å². The van der Waals surface area contributed by atoms with Gasteiger partial charge >= 0.3 is 0 Å². The first-order chi connectivity index (χ1) is 11.4. The lowest BCUT2D eigenvalue weighted by molar-refractivity contribution is -0.856. The molecule has 1 aromatic rings. The monoisotopic (exact) mass is 355 g/mol. The van der Waals surface area contributed by atoms with Gasteiger partial charge in [-0.3, -0.25) is 15.6 Å². The predicted octanol–water partition coefficient (Wildman–Crippen LogP) is -0.508.